The van der Waals surface area contributed by atoms with Gasteiger partial charge in [-0.3, -0.25) is 14.2 Å². The zero-order valence-electron chi connectivity index (χ0n) is 13.6. The predicted molar refractivity (Wildman–Crippen MR) is 101 cm³/mol. The summed E-state index contributed by atoms with van der Waals surface area (Å²) in [5, 5.41) is 9.56. The van der Waals surface area contributed by atoms with Crippen LogP contribution < -0.4 is 0 Å². The fourth-order valence-corrected chi connectivity index (χ4v) is 3.50. The highest BCUT2D eigenvalue weighted by atomic mass is 35.5. The first kappa shape index (κ1) is 16.8. The molecule has 0 amide bonds. The molecule has 128 valence electrons. The van der Waals surface area contributed by atoms with Crippen LogP contribution in [0.25, 0.3) is 11.3 Å². The summed E-state index contributed by atoms with van der Waals surface area (Å²) < 4.78 is 1.76. The lowest BCUT2D eigenvalue weighted by atomic mass is 9.89. The molecule has 0 saturated heterocycles. The quantitative estimate of drug-likeness (QED) is 0.639. The van der Waals surface area contributed by atoms with Crippen LogP contribution in [0.15, 0.2) is 59.8 Å². The van der Waals surface area contributed by atoms with Crippen molar-refractivity contribution in [1.82, 2.24) is 14.8 Å². The van der Waals surface area contributed by atoms with Gasteiger partial charge in [0.15, 0.2) is 22.5 Å². The molecule has 2 aromatic carbocycles. The van der Waals surface area contributed by atoms with Gasteiger partial charge in [0, 0.05) is 27.9 Å². The Morgan fingerprint density at radius 3 is 2.35 bits per heavy atom. The Labute approximate surface area is 158 Å². The van der Waals surface area contributed by atoms with E-state index in [9.17, 15) is 9.59 Å². The van der Waals surface area contributed by atoms with Crippen LogP contribution in [0.3, 0.4) is 0 Å². The Morgan fingerprint density at radius 2 is 1.65 bits per heavy atom. The van der Waals surface area contributed by atoms with E-state index in [1.807, 2.05) is 18.4 Å². The van der Waals surface area contributed by atoms with Crippen LogP contribution in [-0.4, -0.2) is 32.6 Å². The molecule has 4 rings (SSSR count). The zero-order chi connectivity index (χ0) is 18.3. The third kappa shape index (κ3) is 2.67. The number of fused-ring (bicyclic) bond motifs is 1. The molecule has 0 saturated carbocycles. The molecule has 0 radical (unpaired) electrons. The Balaban J connectivity index is 1.90. The summed E-state index contributed by atoms with van der Waals surface area (Å²) in [5.41, 5.74) is 1.78. The van der Waals surface area contributed by atoms with E-state index in [1.54, 1.807) is 41.0 Å². The number of rotatable bonds is 3. The molecule has 1 aliphatic carbocycles. The minimum atomic E-state index is -0.240. The number of allylic oxidation sites excluding steroid dienone is 2. The molecule has 1 heterocycles. The highest BCUT2D eigenvalue weighted by Crippen LogP contribution is 2.30. The summed E-state index contributed by atoms with van der Waals surface area (Å²) in [7, 11) is 0. The van der Waals surface area contributed by atoms with Crippen LogP contribution in [0.4, 0.5) is 0 Å². The second-order valence-electron chi connectivity index (χ2n) is 5.62. The average Bonchev–Trinajstić information content (AvgIpc) is 3.09. The van der Waals surface area contributed by atoms with Gasteiger partial charge in [-0.15, -0.1) is 10.2 Å². The number of Topliss-reactive ketones (excluding diaryl/α,β-unsaturated/α-hetero) is 1. The van der Waals surface area contributed by atoms with E-state index in [-0.39, 0.29) is 17.1 Å². The van der Waals surface area contributed by atoms with Gasteiger partial charge < -0.3 is 0 Å². The Morgan fingerprint density at radius 1 is 0.962 bits per heavy atom. The summed E-state index contributed by atoms with van der Waals surface area (Å²) in [4.78, 5) is 25.4. The maximum atomic E-state index is 13.0. The highest BCUT2D eigenvalue weighted by molar-refractivity contribution is 7.98. The summed E-state index contributed by atoms with van der Waals surface area (Å²) in [6.45, 7) is 0. The van der Waals surface area contributed by atoms with Gasteiger partial charge in [-0.25, -0.2) is 0 Å². The lowest BCUT2D eigenvalue weighted by Crippen LogP contribution is -2.18. The number of aromatic nitrogens is 3. The van der Waals surface area contributed by atoms with E-state index in [1.165, 1.54) is 17.8 Å². The number of nitrogens with zero attached hydrogens (tertiary/aromatic N) is 3. The van der Waals surface area contributed by atoms with Gasteiger partial charge in [-0.05, 0) is 30.5 Å². The monoisotopic (exact) mass is 381 g/mol. The maximum Gasteiger partial charge on any atom is 0.197 e. The predicted octanol–water partition coefficient (Wildman–Crippen LogP) is 4.11. The van der Waals surface area contributed by atoms with Gasteiger partial charge in [-0.1, -0.05) is 47.6 Å². The maximum absolute atomic E-state index is 13.0. The topological polar surface area (TPSA) is 64.8 Å². The van der Waals surface area contributed by atoms with Crippen molar-refractivity contribution in [2.75, 3.05) is 6.26 Å². The van der Waals surface area contributed by atoms with E-state index < -0.39 is 0 Å². The summed E-state index contributed by atoms with van der Waals surface area (Å²) in [5.74, 6) is -0.119. The van der Waals surface area contributed by atoms with Gasteiger partial charge in [0.05, 0.1) is 5.57 Å². The first-order valence-electron chi connectivity index (χ1n) is 7.75. The molecule has 0 aliphatic heterocycles. The number of thioether (sulfide) groups is 1. The molecule has 3 aromatic rings. The first-order valence-corrected chi connectivity index (χ1v) is 9.36. The molecule has 0 spiro atoms. The van der Waals surface area contributed by atoms with Crippen LogP contribution in [-0.2, 0) is 0 Å². The second kappa shape index (κ2) is 6.55. The second-order valence-corrected chi connectivity index (χ2v) is 6.83. The largest absolute Gasteiger partial charge is 0.289 e. The Bertz CT molecular complexity index is 1070. The normalized spacial score (nSPS) is 13.5. The molecule has 0 unspecified atom stereocenters. The number of hydrogen-bond acceptors (Lipinski definition) is 5. The molecule has 0 atom stereocenters. The Kier molecular flexibility index (Phi) is 4.22. The SMILES string of the molecule is CSc1nnc(C2=CC(=O)c3ccccc3C2=O)n1-c1ccc(Cl)cc1. The summed E-state index contributed by atoms with van der Waals surface area (Å²) >= 11 is 7.38. The molecular formula is C19H12ClN3O2S. The number of benzene rings is 2. The number of ketones is 2. The number of halogens is 1. The van der Waals surface area contributed by atoms with E-state index in [0.717, 1.165) is 5.69 Å². The molecule has 1 aromatic heterocycles. The third-order valence-corrected chi connectivity index (χ3v) is 4.98. The van der Waals surface area contributed by atoms with E-state index >= 15 is 0 Å². The van der Waals surface area contributed by atoms with Crippen LogP contribution in [0.1, 0.15) is 26.5 Å². The number of carbonyl (C=O) groups excluding carboxylic acids is 2. The van der Waals surface area contributed by atoms with Crippen molar-refractivity contribution >= 4 is 40.5 Å². The van der Waals surface area contributed by atoms with Crippen molar-refractivity contribution in [3.63, 3.8) is 0 Å². The molecule has 0 N–H and O–H groups in total. The van der Waals surface area contributed by atoms with E-state index in [2.05, 4.69) is 10.2 Å². The molecule has 5 nitrogen and oxygen atoms in total. The summed E-state index contributed by atoms with van der Waals surface area (Å²) in [6, 6.07) is 13.9. The van der Waals surface area contributed by atoms with E-state index in [4.69, 9.17) is 11.6 Å². The smallest absolute Gasteiger partial charge is 0.197 e. The van der Waals surface area contributed by atoms with Crippen LogP contribution in [0.2, 0.25) is 5.02 Å². The standard InChI is InChI=1S/C19H12ClN3O2S/c1-26-19-22-21-18(23(19)12-8-6-11(20)7-9-12)15-10-16(24)13-4-2-3-5-14(13)17(15)25/h2-10H,1H3. The van der Waals surface area contributed by atoms with Gasteiger partial charge in [0.1, 0.15) is 0 Å². The van der Waals surface area contributed by atoms with Gasteiger partial charge in [0.25, 0.3) is 0 Å². The molecule has 0 fully saturated rings. The lowest BCUT2D eigenvalue weighted by molar-refractivity contribution is 0.100. The number of hydrogen-bond donors (Lipinski definition) is 0. The van der Waals surface area contributed by atoms with Crippen molar-refractivity contribution in [3.05, 3.63) is 76.6 Å². The van der Waals surface area contributed by atoms with E-state index in [0.29, 0.717) is 27.1 Å². The minimum Gasteiger partial charge on any atom is -0.289 e. The van der Waals surface area contributed by atoms with Crippen LogP contribution in [0.5, 0.6) is 0 Å². The van der Waals surface area contributed by atoms with Crippen LogP contribution >= 0.6 is 23.4 Å². The van der Waals surface area contributed by atoms with Crippen molar-refractivity contribution in [2.45, 2.75) is 5.16 Å². The fraction of sp³-hybridized carbons (Fsp3) is 0.0526. The van der Waals surface area contributed by atoms with Crippen molar-refractivity contribution in [2.24, 2.45) is 0 Å². The van der Waals surface area contributed by atoms with Crippen molar-refractivity contribution in [3.8, 4) is 5.69 Å². The van der Waals surface area contributed by atoms with Crippen LogP contribution in [0, 0.1) is 0 Å². The molecule has 0 bridgehead atoms. The van der Waals surface area contributed by atoms with Gasteiger partial charge >= 0.3 is 0 Å². The first-order chi connectivity index (χ1) is 12.6. The molecular weight excluding hydrogens is 370 g/mol. The van der Waals surface area contributed by atoms with Crippen molar-refractivity contribution < 1.29 is 9.59 Å². The molecule has 1 aliphatic rings. The number of carbonyl (C=O) groups is 2. The zero-order valence-corrected chi connectivity index (χ0v) is 15.2. The minimum absolute atomic E-state index is 0.216. The Hall–Kier alpha value is -2.70. The fourth-order valence-electron chi connectivity index (χ4n) is 2.88. The third-order valence-electron chi connectivity index (χ3n) is 4.10. The molecule has 7 heteroatoms. The van der Waals surface area contributed by atoms with Gasteiger partial charge in [0.2, 0.25) is 0 Å². The average molecular weight is 382 g/mol. The van der Waals surface area contributed by atoms with Gasteiger partial charge in [-0.2, -0.15) is 0 Å². The lowest BCUT2D eigenvalue weighted by Gasteiger charge is -2.16. The van der Waals surface area contributed by atoms with Crippen molar-refractivity contribution in [1.29, 1.82) is 0 Å². The molecule has 26 heavy (non-hydrogen) atoms. The summed E-state index contributed by atoms with van der Waals surface area (Å²) in [6.07, 6.45) is 3.21. The highest BCUT2D eigenvalue weighted by Gasteiger charge is 2.30.